The number of ether oxygens (including phenoxy) is 1. The Morgan fingerprint density at radius 1 is 1.31 bits per heavy atom. The van der Waals surface area contributed by atoms with Gasteiger partial charge >= 0.3 is 23.5 Å². The molecule has 3 rings (SSSR count). The van der Waals surface area contributed by atoms with Crippen molar-refractivity contribution in [1.82, 2.24) is 14.5 Å². The first kappa shape index (κ1) is 24.9. The van der Waals surface area contributed by atoms with Gasteiger partial charge in [0, 0.05) is 19.7 Å². The highest BCUT2D eigenvalue weighted by Gasteiger charge is 2.57. The number of fused-ring (bicyclic) bond motifs is 1. The Kier molecular flexibility index (Phi) is 6.64. The SMILES string of the molecule is COP(=O)(O[C@@]1(C#N)O[C@@H](n2ccc3c(N)ncnc32)C[C@@H]1O)OP(=O)(O)OP(=O)(O)O. The van der Waals surface area contributed by atoms with Crippen LogP contribution in [-0.4, -0.2) is 53.3 Å². The van der Waals surface area contributed by atoms with Crippen LogP contribution in [0.4, 0.5) is 5.82 Å². The summed E-state index contributed by atoms with van der Waals surface area (Å²) in [4.78, 5) is 34.6. The molecule has 0 radical (unpaired) electrons. The number of nitrogen functional groups attached to an aromatic ring is 1. The minimum absolute atomic E-state index is 0.149. The fourth-order valence-electron chi connectivity index (χ4n) is 2.80. The summed E-state index contributed by atoms with van der Waals surface area (Å²) in [6.45, 7) is 0. The fourth-order valence-corrected chi connectivity index (χ4v) is 6.29. The number of hydrogen-bond acceptors (Lipinski definition) is 13. The number of nitriles is 1. The lowest BCUT2D eigenvalue weighted by molar-refractivity contribution is -0.188. The zero-order chi connectivity index (χ0) is 23.9. The van der Waals surface area contributed by atoms with Gasteiger partial charge in [-0.2, -0.15) is 13.9 Å². The second-order valence-electron chi connectivity index (χ2n) is 6.17. The van der Waals surface area contributed by atoms with Crippen molar-refractivity contribution in [3.63, 3.8) is 0 Å². The molecule has 176 valence electrons. The van der Waals surface area contributed by atoms with Gasteiger partial charge in [0.05, 0.1) is 5.39 Å². The smallest absolute Gasteiger partial charge is 0.386 e. The summed E-state index contributed by atoms with van der Waals surface area (Å²) < 4.78 is 58.9. The molecule has 2 aromatic rings. The van der Waals surface area contributed by atoms with Gasteiger partial charge in [-0.3, -0.25) is 4.52 Å². The Balaban J connectivity index is 1.89. The quantitative estimate of drug-likeness (QED) is 0.300. The van der Waals surface area contributed by atoms with Crippen LogP contribution in [0.5, 0.6) is 0 Å². The highest BCUT2D eigenvalue weighted by Crippen LogP contribution is 2.69. The van der Waals surface area contributed by atoms with Crippen LogP contribution < -0.4 is 5.73 Å². The van der Waals surface area contributed by atoms with Gasteiger partial charge in [-0.1, -0.05) is 0 Å². The van der Waals surface area contributed by atoms with Crippen LogP contribution in [0.15, 0.2) is 18.6 Å². The van der Waals surface area contributed by atoms with Crippen LogP contribution in [-0.2, 0) is 36.1 Å². The molecule has 1 aliphatic heterocycles. The van der Waals surface area contributed by atoms with E-state index in [0.717, 1.165) is 0 Å². The van der Waals surface area contributed by atoms with Crippen molar-refractivity contribution < 1.29 is 55.9 Å². The molecule has 32 heavy (non-hydrogen) atoms. The molecule has 3 heterocycles. The van der Waals surface area contributed by atoms with Gasteiger partial charge in [-0.05, 0) is 6.07 Å². The minimum Gasteiger partial charge on any atom is -0.386 e. The van der Waals surface area contributed by atoms with E-state index in [4.69, 9.17) is 24.8 Å². The van der Waals surface area contributed by atoms with Crippen molar-refractivity contribution >= 4 is 40.3 Å². The maximum atomic E-state index is 12.7. The Hall–Kier alpha value is -1.76. The number of aliphatic hydroxyl groups excluding tert-OH is 1. The first-order chi connectivity index (χ1) is 14.7. The lowest BCUT2D eigenvalue weighted by Crippen LogP contribution is -2.40. The molecule has 17 nitrogen and oxygen atoms in total. The zero-order valence-electron chi connectivity index (χ0n) is 15.9. The normalized spacial score (nSPS) is 27.6. The van der Waals surface area contributed by atoms with Gasteiger partial charge in [0.15, 0.2) is 0 Å². The molecule has 0 saturated carbocycles. The highest BCUT2D eigenvalue weighted by molar-refractivity contribution is 7.66. The van der Waals surface area contributed by atoms with E-state index in [1.54, 1.807) is 0 Å². The molecule has 0 amide bonds. The number of hydrogen-bond donors (Lipinski definition) is 5. The molecule has 2 unspecified atom stereocenters. The molecule has 1 fully saturated rings. The molecule has 2 aromatic heterocycles. The lowest BCUT2D eigenvalue weighted by Gasteiger charge is -2.28. The summed E-state index contributed by atoms with van der Waals surface area (Å²) in [5.41, 5.74) is 6.03. The summed E-state index contributed by atoms with van der Waals surface area (Å²) >= 11 is 0. The summed E-state index contributed by atoms with van der Waals surface area (Å²) in [7, 11) is -15.9. The van der Waals surface area contributed by atoms with Crippen molar-refractivity contribution in [2.45, 2.75) is 24.5 Å². The van der Waals surface area contributed by atoms with Crippen molar-refractivity contribution in [3.8, 4) is 6.07 Å². The molecule has 6 N–H and O–H groups in total. The van der Waals surface area contributed by atoms with Gasteiger partial charge in [-0.25, -0.2) is 28.2 Å². The van der Waals surface area contributed by atoms with Crippen molar-refractivity contribution in [1.29, 1.82) is 5.26 Å². The van der Waals surface area contributed by atoms with E-state index in [2.05, 4.69) is 23.1 Å². The molecular formula is C12H16N5O12P3. The zero-order valence-corrected chi connectivity index (χ0v) is 18.5. The predicted octanol–water partition coefficient (Wildman–Crippen LogP) is 0.511. The number of aliphatic hydroxyl groups is 1. The van der Waals surface area contributed by atoms with Crippen molar-refractivity contribution in [2.75, 3.05) is 12.8 Å². The third-order valence-corrected chi connectivity index (χ3v) is 8.31. The van der Waals surface area contributed by atoms with Gasteiger partial charge in [0.1, 0.15) is 36.2 Å². The third-order valence-electron chi connectivity index (χ3n) is 4.06. The number of aromatic nitrogens is 3. The fraction of sp³-hybridized carbons (Fsp3) is 0.417. The molecule has 0 aromatic carbocycles. The highest BCUT2D eigenvalue weighted by atomic mass is 31.3. The summed E-state index contributed by atoms with van der Waals surface area (Å²) in [6.07, 6.45) is -0.625. The van der Waals surface area contributed by atoms with E-state index >= 15 is 0 Å². The summed E-state index contributed by atoms with van der Waals surface area (Å²) in [5.74, 6) is -2.61. The molecular weight excluding hydrogens is 499 g/mol. The molecule has 20 heteroatoms. The maximum Gasteiger partial charge on any atom is 0.490 e. The lowest BCUT2D eigenvalue weighted by atomic mass is 10.1. The average molecular weight is 515 g/mol. The van der Waals surface area contributed by atoms with Crippen LogP contribution >= 0.6 is 23.5 Å². The van der Waals surface area contributed by atoms with E-state index in [0.29, 0.717) is 12.5 Å². The largest absolute Gasteiger partial charge is 0.490 e. The monoisotopic (exact) mass is 515 g/mol. The third kappa shape index (κ3) is 5.08. The van der Waals surface area contributed by atoms with Crippen molar-refractivity contribution in [3.05, 3.63) is 18.6 Å². The summed E-state index contributed by atoms with van der Waals surface area (Å²) in [5, 5.41) is 20.4. The Labute approximate surface area is 178 Å². The Bertz CT molecular complexity index is 1210. The number of phosphoric ester groups is 1. The number of nitrogens with zero attached hydrogens (tertiary/aromatic N) is 4. The van der Waals surface area contributed by atoms with Crippen LogP contribution in [0.25, 0.3) is 11.0 Å². The van der Waals surface area contributed by atoms with Crippen LogP contribution in [0, 0.1) is 11.3 Å². The van der Waals surface area contributed by atoms with Crippen LogP contribution in [0.2, 0.25) is 0 Å². The first-order valence-electron chi connectivity index (χ1n) is 8.25. The molecule has 1 saturated heterocycles. The number of phosphoric acid groups is 3. The van der Waals surface area contributed by atoms with E-state index in [-0.39, 0.29) is 17.9 Å². The number of nitrogens with two attached hydrogens (primary N) is 1. The van der Waals surface area contributed by atoms with E-state index in [1.165, 1.54) is 29.2 Å². The molecule has 0 bridgehead atoms. The Morgan fingerprint density at radius 3 is 2.59 bits per heavy atom. The number of anilines is 1. The van der Waals surface area contributed by atoms with E-state index in [9.17, 15) is 29.0 Å². The van der Waals surface area contributed by atoms with E-state index < -0.39 is 41.6 Å². The molecule has 0 aliphatic carbocycles. The van der Waals surface area contributed by atoms with Crippen molar-refractivity contribution in [2.24, 2.45) is 0 Å². The standard InChI is InChI=1S/C12H16N5O12P3/c1-25-32(24,29-31(22,23)28-30(19,20)21)27-12(5-13)8(18)4-9(26-12)17-3-2-7-10(14)15-6-16-11(7)17/h2-3,6,8-9,18H,4H2,1H3,(H,22,23)(H2,14,15,16)(H2,19,20,21)/t8-,9+,12+,32?/m0/s1. The van der Waals surface area contributed by atoms with Gasteiger partial charge < -0.3 is 34.8 Å². The molecule has 5 atom stereocenters. The van der Waals surface area contributed by atoms with Gasteiger partial charge in [0.2, 0.25) is 0 Å². The minimum atomic E-state index is -5.73. The second-order valence-corrected chi connectivity index (χ2v) is 10.8. The van der Waals surface area contributed by atoms with Gasteiger partial charge in [0.25, 0.3) is 5.79 Å². The first-order valence-corrected chi connectivity index (χ1v) is 12.7. The Morgan fingerprint density at radius 2 is 2.00 bits per heavy atom. The van der Waals surface area contributed by atoms with Crippen LogP contribution in [0.1, 0.15) is 12.6 Å². The number of rotatable bonds is 8. The molecule has 1 aliphatic rings. The summed E-state index contributed by atoms with van der Waals surface area (Å²) in [6, 6.07) is 2.98. The maximum absolute atomic E-state index is 12.7. The average Bonchev–Trinajstić information content (AvgIpc) is 3.22. The second kappa shape index (κ2) is 8.54. The predicted molar refractivity (Wildman–Crippen MR) is 101 cm³/mol. The molecule has 0 spiro atoms. The van der Waals surface area contributed by atoms with Crippen LogP contribution in [0.3, 0.4) is 0 Å². The van der Waals surface area contributed by atoms with Gasteiger partial charge in [-0.15, -0.1) is 0 Å². The topological polar surface area (TPSA) is 259 Å². The van der Waals surface area contributed by atoms with E-state index in [1.807, 2.05) is 0 Å².